The van der Waals surface area contributed by atoms with Gasteiger partial charge in [-0.2, -0.15) is 0 Å². The predicted molar refractivity (Wildman–Crippen MR) is 142 cm³/mol. The summed E-state index contributed by atoms with van der Waals surface area (Å²) in [6.45, 7) is 10.8. The van der Waals surface area contributed by atoms with Crippen molar-refractivity contribution in [1.82, 2.24) is 15.1 Å². The molecule has 1 aliphatic rings. The van der Waals surface area contributed by atoms with E-state index in [2.05, 4.69) is 17.1 Å². The van der Waals surface area contributed by atoms with Crippen LogP contribution in [0.2, 0.25) is 0 Å². The normalized spacial score (nSPS) is 13.9. The largest absolute Gasteiger partial charge is 0.412 e. The molecule has 0 spiro atoms. The number of nitrogens with one attached hydrogen (secondary N) is 1. The molecule has 6 nitrogen and oxygen atoms in total. The Morgan fingerprint density at radius 2 is 1.57 bits per heavy atom. The van der Waals surface area contributed by atoms with E-state index in [1.165, 1.54) is 18.4 Å². The Morgan fingerprint density at radius 3 is 2.17 bits per heavy atom. The molecule has 0 atom stereocenters. The van der Waals surface area contributed by atoms with Crippen LogP contribution in [-0.4, -0.2) is 61.6 Å². The van der Waals surface area contributed by atoms with E-state index in [0.717, 1.165) is 49.2 Å². The highest BCUT2D eigenvalue weighted by molar-refractivity contribution is 5.95. The van der Waals surface area contributed by atoms with E-state index in [9.17, 15) is 9.59 Å². The standard InChI is InChI=1S/C29H39N3O3/c1-5-8-19-31-20-17-23(18-21-31)27(25-11-9-10-12-26(25)35-29(34)30-4)22-13-15-24(16-14-22)28(33)32(6-2)7-3/h9-16H,5-8,17-21H2,1-4H3,(H,30,34). The number of nitrogens with zero attached hydrogens (tertiary/aromatic N) is 2. The van der Waals surface area contributed by atoms with Gasteiger partial charge in [-0.3, -0.25) is 4.79 Å². The molecule has 0 radical (unpaired) electrons. The van der Waals surface area contributed by atoms with Gasteiger partial charge in [-0.15, -0.1) is 0 Å². The van der Waals surface area contributed by atoms with E-state index < -0.39 is 6.09 Å². The Bertz CT molecular complexity index is 1020. The highest BCUT2D eigenvalue weighted by Crippen LogP contribution is 2.37. The van der Waals surface area contributed by atoms with Crippen LogP contribution in [0.5, 0.6) is 5.75 Å². The van der Waals surface area contributed by atoms with Crippen molar-refractivity contribution in [3.05, 3.63) is 70.8 Å². The van der Waals surface area contributed by atoms with Gasteiger partial charge in [0.2, 0.25) is 0 Å². The van der Waals surface area contributed by atoms with Crippen LogP contribution < -0.4 is 10.1 Å². The van der Waals surface area contributed by atoms with Gasteiger partial charge < -0.3 is 19.9 Å². The first kappa shape index (κ1) is 26.5. The molecule has 2 aromatic rings. The minimum Gasteiger partial charge on any atom is -0.410 e. The van der Waals surface area contributed by atoms with E-state index >= 15 is 0 Å². The molecule has 0 saturated carbocycles. The highest BCUT2D eigenvalue weighted by Gasteiger charge is 2.22. The molecular weight excluding hydrogens is 438 g/mol. The molecule has 0 aromatic heterocycles. The summed E-state index contributed by atoms with van der Waals surface area (Å²) in [4.78, 5) is 29.2. The second-order valence-corrected chi connectivity index (χ2v) is 8.86. The van der Waals surface area contributed by atoms with Crippen LogP contribution in [0.25, 0.3) is 5.57 Å². The molecule has 0 unspecified atom stereocenters. The summed E-state index contributed by atoms with van der Waals surface area (Å²) in [5.74, 6) is 0.578. The third-order valence-electron chi connectivity index (χ3n) is 6.68. The zero-order chi connectivity index (χ0) is 25.2. The summed E-state index contributed by atoms with van der Waals surface area (Å²) in [6, 6.07) is 15.6. The second kappa shape index (κ2) is 13.1. The quantitative estimate of drug-likeness (QED) is 0.512. The number of benzene rings is 2. The Morgan fingerprint density at radius 1 is 0.943 bits per heavy atom. The number of carbonyl (C=O) groups is 2. The molecule has 2 amide bonds. The van der Waals surface area contributed by atoms with Crippen LogP contribution in [-0.2, 0) is 0 Å². The Kier molecular flexibility index (Phi) is 9.91. The Balaban J connectivity index is 2.01. The molecule has 1 saturated heterocycles. The van der Waals surface area contributed by atoms with Crippen molar-refractivity contribution in [2.45, 2.75) is 46.5 Å². The van der Waals surface area contributed by atoms with Crippen molar-refractivity contribution in [2.75, 3.05) is 39.8 Å². The lowest BCUT2D eigenvalue weighted by Crippen LogP contribution is -2.32. The monoisotopic (exact) mass is 477 g/mol. The van der Waals surface area contributed by atoms with Crippen molar-refractivity contribution < 1.29 is 14.3 Å². The summed E-state index contributed by atoms with van der Waals surface area (Å²) in [7, 11) is 1.56. The Labute approximate surface area is 210 Å². The molecule has 0 aliphatic carbocycles. The van der Waals surface area contributed by atoms with Gasteiger partial charge in [0.05, 0.1) is 0 Å². The third kappa shape index (κ3) is 6.73. The number of likely N-dealkylation sites (tertiary alicyclic amines) is 1. The maximum Gasteiger partial charge on any atom is 0.412 e. The molecule has 1 fully saturated rings. The lowest BCUT2D eigenvalue weighted by molar-refractivity contribution is 0.0773. The summed E-state index contributed by atoms with van der Waals surface area (Å²) in [5.41, 5.74) is 5.07. The van der Waals surface area contributed by atoms with Gasteiger partial charge in [-0.05, 0) is 69.0 Å². The number of rotatable bonds is 9. The van der Waals surface area contributed by atoms with Gasteiger partial charge in [0.15, 0.2) is 0 Å². The van der Waals surface area contributed by atoms with E-state index in [4.69, 9.17) is 4.74 Å². The number of carbonyl (C=O) groups excluding carboxylic acids is 2. The van der Waals surface area contributed by atoms with E-state index in [-0.39, 0.29) is 5.91 Å². The van der Waals surface area contributed by atoms with Crippen LogP contribution in [0.1, 0.15) is 67.9 Å². The van der Waals surface area contributed by atoms with Crippen LogP contribution in [0.4, 0.5) is 4.79 Å². The van der Waals surface area contributed by atoms with Crippen LogP contribution in [0, 0.1) is 0 Å². The zero-order valence-electron chi connectivity index (χ0n) is 21.6. The molecule has 35 heavy (non-hydrogen) atoms. The van der Waals surface area contributed by atoms with Gasteiger partial charge in [0.1, 0.15) is 5.75 Å². The Hall–Kier alpha value is -3.12. The molecule has 1 heterocycles. The van der Waals surface area contributed by atoms with Gasteiger partial charge >= 0.3 is 6.09 Å². The molecule has 2 aromatic carbocycles. The first-order valence-electron chi connectivity index (χ1n) is 12.8. The SMILES string of the molecule is CCCCN1CCC(=C(c2ccc(C(=O)N(CC)CC)cc2)c2ccccc2OC(=O)NC)CC1. The highest BCUT2D eigenvalue weighted by atomic mass is 16.6. The maximum atomic E-state index is 12.8. The lowest BCUT2D eigenvalue weighted by Gasteiger charge is -2.30. The smallest absolute Gasteiger partial charge is 0.410 e. The van der Waals surface area contributed by atoms with E-state index in [1.54, 1.807) is 7.05 Å². The molecule has 3 rings (SSSR count). The third-order valence-corrected chi connectivity index (χ3v) is 6.68. The average molecular weight is 478 g/mol. The topological polar surface area (TPSA) is 61.9 Å². The fourth-order valence-electron chi connectivity index (χ4n) is 4.61. The number of para-hydroxylation sites is 1. The van der Waals surface area contributed by atoms with E-state index in [0.29, 0.717) is 24.4 Å². The molecular formula is C29H39N3O3. The maximum absolute atomic E-state index is 12.8. The number of piperidine rings is 1. The van der Waals surface area contributed by atoms with Crippen molar-refractivity contribution >= 4 is 17.6 Å². The zero-order valence-corrected chi connectivity index (χ0v) is 21.6. The predicted octanol–water partition coefficient (Wildman–Crippen LogP) is 5.58. The van der Waals surface area contributed by atoms with Gasteiger partial charge in [0.25, 0.3) is 5.91 Å². The first-order chi connectivity index (χ1) is 17.0. The minimum absolute atomic E-state index is 0.0448. The fourth-order valence-corrected chi connectivity index (χ4v) is 4.61. The average Bonchev–Trinajstić information content (AvgIpc) is 2.90. The second-order valence-electron chi connectivity index (χ2n) is 8.86. The summed E-state index contributed by atoms with van der Waals surface area (Å²) < 4.78 is 5.63. The molecule has 1 N–H and O–H groups in total. The molecule has 188 valence electrons. The van der Waals surface area contributed by atoms with Crippen molar-refractivity contribution in [2.24, 2.45) is 0 Å². The number of hydrogen-bond donors (Lipinski definition) is 1. The van der Waals surface area contributed by atoms with Crippen molar-refractivity contribution in [1.29, 1.82) is 0 Å². The van der Waals surface area contributed by atoms with Crippen LogP contribution in [0.3, 0.4) is 0 Å². The van der Waals surface area contributed by atoms with Crippen LogP contribution >= 0.6 is 0 Å². The molecule has 6 heteroatoms. The van der Waals surface area contributed by atoms with Crippen LogP contribution in [0.15, 0.2) is 54.1 Å². The minimum atomic E-state index is -0.489. The van der Waals surface area contributed by atoms with Crippen molar-refractivity contribution in [3.63, 3.8) is 0 Å². The summed E-state index contributed by atoms with van der Waals surface area (Å²) >= 11 is 0. The number of hydrogen-bond acceptors (Lipinski definition) is 4. The summed E-state index contributed by atoms with van der Waals surface area (Å²) in [5, 5.41) is 2.54. The lowest BCUT2D eigenvalue weighted by atomic mass is 9.87. The van der Waals surface area contributed by atoms with Gasteiger partial charge in [-0.25, -0.2) is 4.79 Å². The number of unbranched alkanes of at least 4 members (excludes halogenated alkanes) is 1. The fraction of sp³-hybridized carbons (Fsp3) is 0.448. The molecule has 0 bridgehead atoms. The summed E-state index contributed by atoms with van der Waals surface area (Å²) in [6.07, 6.45) is 3.86. The number of ether oxygens (including phenoxy) is 1. The number of amides is 2. The van der Waals surface area contributed by atoms with Gasteiger partial charge in [-0.1, -0.05) is 49.2 Å². The van der Waals surface area contributed by atoms with E-state index in [1.807, 2.05) is 67.3 Å². The molecule has 1 aliphatic heterocycles. The van der Waals surface area contributed by atoms with Gasteiger partial charge in [0, 0.05) is 44.4 Å². The first-order valence-corrected chi connectivity index (χ1v) is 12.8. The van der Waals surface area contributed by atoms with Crippen molar-refractivity contribution in [3.8, 4) is 5.75 Å².